The first kappa shape index (κ1) is 19.9. The van der Waals surface area contributed by atoms with Crippen molar-refractivity contribution >= 4 is 11.9 Å². The molecule has 28 heavy (non-hydrogen) atoms. The van der Waals surface area contributed by atoms with Crippen molar-refractivity contribution in [2.75, 3.05) is 33.4 Å². The highest BCUT2D eigenvalue weighted by Crippen LogP contribution is 2.27. The van der Waals surface area contributed by atoms with E-state index >= 15 is 0 Å². The molecule has 148 valence electrons. The summed E-state index contributed by atoms with van der Waals surface area (Å²) in [6.07, 6.45) is 0.0312. The van der Waals surface area contributed by atoms with E-state index in [0.29, 0.717) is 36.8 Å². The molecule has 0 saturated carbocycles. The maximum absolute atomic E-state index is 11.6. The summed E-state index contributed by atoms with van der Waals surface area (Å²) in [5.41, 5.74) is 1.43. The lowest BCUT2D eigenvalue weighted by Gasteiger charge is -2.32. The zero-order valence-electron chi connectivity index (χ0n) is 15.7. The second-order valence-corrected chi connectivity index (χ2v) is 6.49. The van der Waals surface area contributed by atoms with E-state index in [1.165, 1.54) is 7.11 Å². The van der Waals surface area contributed by atoms with Crippen LogP contribution in [-0.4, -0.2) is 55.3 Å². The van der Waals surface area contributed by atoms with Gasteiger partial charge < -0.3 is 19.3 Å². The molecule has 1 fully saturated rings. The van der Waals surface area contributed by atoms with Crippen LogP contribution in [-0.2, 0) is 14.3 Å². The van der Waals surface area contributed by atoms with Gasteiger partial charge in [0.15, 0.2) is 0 Å². The molecule has 1 aliphatic rings. The second-order valence-electron chi connectivity index (χ2n) is 6.49. The van der Waals surface area contributed by atoms with E-state index in [0.717, 1.165) is 12.1 Å². The van der Waals surface area contributed by atoms with Crippen LogP contribution in [0.25, 0.3) is 0 Å². The topological polar surface area (TPSA) is 85.3 Å². The van der Waals surface area contributed by atoms with Gasteiger partial charge in [-0.15, -0.1) is 0 Å². The summed E-state index contributed by atoms with van der Waals surface area (Å²) in [7, 11) is 1.34. The number of benzene rings is 2. The maximum Gasteiger partial charge on any atom is 0.337 e. The Balaban J connectivity index is 1.62. The number of nitrogens with zero attached hydrogens (tertiary/aromatic N) is 1. The molecule has 0 radical (unpaired) electrons. The molecule has 0 spiro atoms. The van der Waals surface area contributed by atoms with E-state index in [2.05, 4.69) is 4.90 Å². The molecule has 1 unspecified atom stereocenters. The third-order valence-corrected chi connectivity index (χ3v) is 4.54. The van der Waals surface area contributed by atoms with Crippen molar-refractivity contribution in [1.82, 2.24) is 4.90 Å². The van der Waals surface area contributed by atoms with Gasteiger partial charge in [0.1, 0.15) is 11.5 Å². The molecule has 2 aromatic rings. The summed E-state index contributed by atoms with van der Waals surface area (Å²) in [5.74, 6) is -0.0165. The summed E-state index contributed by atoms with van der Waals surface area (Å²) in [4.78, 5) is 24.5. The van der Waals surface area contributed by atoms with Crippen molar-refractivity contribution in [2.24, 2.45) is 0 Å². The number of carboxylic acid groups (broad SMARTS) is 1. The van der Waals surface area contributed by atoms with Gasteiger partial charge in [-0.1, -0.05) is 18.2 Å². The molecule has 0 aromatic heterocycles. The van der Waals surface area contributed by atoms with E-state index in [9.17, 15) is 9.59 Å². The minimum atomic E-state index is -0.791. The summed E-state index contributed by atoms with van der Waals surface area (Å²) in [5, 5.41) is 8.84. The molecule has 1 N–H and O–H groups in total. The van der Waals surface area contributed by atoms with Gasteiger partial charge in [-0.3, -0.25) is 9.69 Å². The standard InChI is InChI=1S/C21H23NO6/c1-26-21(25)16-3-2-4-18(13-16)28-17-7-5-15(6-8-17)19-14-22(11-12-27-19)10-9-20(23)24/h2-8,13,19H,9-12,14H2,1H3,(H,23,24). The van der Waals surface area contributed by atoms with E-state index in [1.807, 2.05) is 24.3 Å². The Kier molecular flexibility index (Phi) is 6.62. The second kappa shape index (κ2) is 9.34. The lowest BCUT2D eigenvalue weighted by atomic mass is 10.1. The average Bonchev–Trinajstić information content (AvgIpc) is 2.72. The lowest BCUT2D eigenvalue weighted by molar-refractivity contribution is -0.137. The van der Waals surface area contributed by atoms with Crippen LogP contribution in [0.5, 0.6) is 11.5 Å². The summed E-state index contributed by atoms with van der Waals surface area (Å²) in [6.45, 7) is 2.49. The predicted octanol–water partition coefficient (Wildman–Crippen LogP) is 3.11. The molecule has 2 aromatic carbocycles. The van der Waals surface area contributed by atoms with Crippen molar-refractivity contribution in [3.05, 3.63) is 59.7 Å². The summed E-state index contributed by atoms with van der Waals surface area (Å²) < 4.78 is 16.4. The number of morpholine rings is 1. The largest absolute Gasteiger partial charge is 0.481 e. The van der Waals surface area contributed by atoms with Crippen LogP contribution < -0.4 is 4.74 Å². The van der Waals surface area contributed by atoms with Crippen molar-refractivity contribution in [2.45, 2.75) is 12.5 Å². The number of hydrogen-bond acceptors (Lipinski definition) is 6. The zero-order valence-corrected chi connectivity index (χ0v) is 15.7. The number of carboxylic acids is 1. The Morgan fingerprint density at radius 2 is 1.96 bits per heavy atom. The van der Waals surface area contributed by atoms with E-state index in [1.54, 1.807) is 24.3 Å². The molecule has 3 rings (SSSR count). The Morgan fingerprint density at radius 3 is 2.68 bits per heavy atom. The molecule has 1 aliphatic heterocycles. The SMILES string of the molecule is COC(=O)c1cccc(Oc2ccc(C3CN(CCC(=O)O)CCO3)cc2)c1. The van der Waals surface area contributed by atoms with Crippen LogP contribution in [0.2, 0.25) is 0 Å². The highest BCUT2D eigenvalue weighted by molar-refractivity contribution is 5.89. The number of hydrogen-bond donors (Lipinski definition) is 1. The molecule has 1 heterocycles. The molecular formula is C21H23NO6. The number of esters is 1. The number of aliphatic carboxylic acids is 1. The van der Waals surface area contributed by atoms with Gasteiger partial charge in [-0.2, -0.15) is 0 Å². The van der Waals surface area contributed by atoms with Gasteiger partial charge in [-0.05, 0) is 35.9 Å². The third kappa shape index (κ3) is 5.31. The number of methoxy groups -OCH3 is 1. The Hall–Kier alpha value is -2.90. The monoisotopic (exact) mass is 385 g/mol. The average molecular weight is 385 g/mol. The zero-order chi connectivity index (χ0) is 19.9. The lowest BCUT2D eigenvalue weighted by Crippen LogP contribution is -2.39. The first-order valence-corrected chi connectivity index (χ1v) is 9.07. The quantitative estimate of drug-likeness (QED) is 0.733. The molecule has 0 bridgehead atoms. The van der Waals surface area contributed by atoms with Gasteiger partial charge in [-0.25, -0.2) is 4.79 Å². The van der Waals surface area contributed by atoms with Crippen LogP contribution in [0.3, 0.4) is 0 Å². The van der Waals surface area contributed by atoms with Crippen LogP contribution in [0.15, 0.2) is 48.5 Å². The number of rotatable bonds is 7. The van der Waals surface area contributed by atoms with Crippen molar-refractivity contribution in [3.63, 3.8) is 0 Å². The Labute approximate surface area is 163 Å². The van der Waals surface area contributed by atoms with Gasteiger partial charge in [0.25, 0.3) is 0 Å². The third-order valence-electron chi connectivity index (χ3n) is 4.54. The van der Waals surface area contributed by atoms with E-state index in [-0.39, 0.29) is 12.5 Å². The Bertz CT molecular complexity index is 820. The van der Waals surface area contributed by atoms with Crippen LogP contribution in [0.1, 0.15) is 28.4 Å². The van der Waals surface area contributed by atoms with E-state index < -0.39 is 11.9 Å². The summed E-state index contributed by atoms with van der Waals surface area (Å²) in [6, 6.07) is 14.4. The summed E-state index contributed by atoms with van der Waals surface area (Å²) >= 11 is 0. The highest BCUT2D eigenvalue weighted by Gasteiger charge is 2.22. The molecule has 0 aliphatic carbocycles. The minimum absolute atomic E-state index is 0.0979. The maximum atomic E-state index is 11.6. The fourth-order valence-corrected chi connectivity index (χ4v) is 3.05. The van der Waals surface area contributed by atoms with Gasteiger partial charge >= 0.3 is 11.9 Å². The van der Waals surface area contributed by atoms with Gasteiger partial charge in [0.05, 0.1) is 31.8 Å². The molecule has 0 amide bonds. The van der Waals surface area contributed by atoms with Crippen molar-refractivity contribution < 1.29 is 28.9 Å². The first-order chi connectivity index (χ1) is 13.5. The molecule has 7 nitrogen and oxygen atoms in total. The van der Waals surface area contributed by atoms with Crippen molar-refractivity contribution in [3.8, 4) is 11.5 Å². The number of ether oxygens (including phenoxy) is 3. The molecule has 1 atom stereocenters. The number of carbonyl (C=O) groups excluding carboxylic acids is 1. The van der Waals surface area contributed by atoms with E-state index in [4.69, 9.17) is 19.3 Å². The normalized spacial score (nSPS) is 17.1. The number of carbonyl (C=O) groups is 2. The smallest absolute Gasteiger partial charge is 0.337 e. The first-order valence-electron chi connectivity index (χ1n) is 9.07. The predicted molar refractivity (Wildman–Crippen MR) is 102 cm³/mol. The Morgan fingerprint density at radius 1 is 1.18 bits per heavy atom. The van der Waals surface area contributed by atoms with Crippen molar-refractivity contribution in [1.29, 1.82) is 0 Å². The van der Waals surface area contributed by atoms with Crippen LogP contribution in [0, 0.1) is 0 Å². The fraction of sp³-hybridized carbons (Fsp3) is 0.333. The molecule has 7 heteroatoms. The van der Waals surface area contributed by atoms with Crippen LogP contribution in [0.4, 0.5) is 0 Å². The minimum Gasteiger partial charge on any atom is -0.481 e. The van der Waals surface area contributed by atoms with Gasteiger partial charge in [0, 0.05) is 19.6 Å². The van der Waals surface area contributed by atoms with Gasteiger partial charge in [0.2, 0.25) is 0 Å². The fourth-order valence-electron chi connectivity index (χ4n) is 3.05. The van der Waals surface area contributed by atoms with Crippen LogP contribution >= 0.6 is 0 Å². The molecule has 1 saturated heterocycles. The highest BCUT2D eigenvalue weighted by atomic mass is 16.5. The molecular weight excluding hydrogens is 362 g/mol.